The molecule has 1 heterocycles. The van der Waals surface area contributed by atoms with Gasteiger partial charge in [-0.05, 0) is 33.7 Å². The van der Waals surface area contributed by atoms with Gasteiger partial charge in [0, 0.05) is 6.61 Å². The number of hydrogen-bond donors (Lipinski definition) is 4. The number of nitrogens with zero attached hydrogens (tertiary/aromatic N) is 1. The first-order valence-corrected chi connectivity index (χ1v) is 18.1. The van der Waals surface area contributed by atoms with Crippen LogP contribution in [0.25, 0.3) is 0 Å². The molecular formula is C31H48N2O8SSi. The molecule has 1 saturated heterocycles. The lowest BCUT2D eigenvalue weighted by atomic mass is 9.91. The standard InChI is InChI=1S/C31H48N2O8SSi/c1-30(2,3)43(25-12-8-6-9-13-25,26-14-10-7-11-15-26)41-17-16-31(4,5)23-40-42(37,38)19-18-39-22-24-20-27(32)29(36)33(24)21-28(34)35/h6-15,24,27,37-38H,16-23,32H2,1-5H3,(H,34,35)/t24-,27-/m0/s1. The van der Waals surface area contributed by atoms with Crippen molar-refractivity contribution in [2.75, 3.05) is 38.7 Å². The number of carboxylic acid groups (broad SMARTS) is 1. The summed E-state index contributed by atoms with van der Waals surface area (Å²) in [5.74, 6) is -1.70. The third-order valence-electron chi connectivity index (χ3n) is 7.83. The van der Waals surface area contributed by atoms with Crippen molar-refractivity contribution in [1.29, 1.82) is 0 Å². The lowest BCUT2D eigenvalue weighted by Crippen LogP contribution is -2.66. The molecule has 1 amide bonds. The number of carbonyl (C=O) groups is 2. The van der Waals surface area contributed by atoms with Gasteiger partial charge in [0.2, 0.25) is 5.91 Å². The number of hydrogen-bond acceptors (Lipinski definition) is 8. The summed E-state index contributed by atoms with van der Waals surface area (Å²) in [4.78, 5) is 24.4. The molecule has 2 atom stereocenters. The lowest BCUT2D eigenvalue weighted by molar-refractivity contribution is -0.144. The minimum absolute atomic E-state index is 0.0272. The van der Waals surface area contributed by atoms with Crippen LogP contribution in [0.3, 0.4) is 0 Å². The fourth-order valence-electron chi connectivity index (χ4n) is 5.44. The number of aliphatic carboxylic acids is 1. The first-order chi connectivity index (χ1) is 20.1. The van der Waals surface area contributed by atoms with E-state index >= 15 is 0 Å². The highest BCUT2D eigenvalue weighted by Gasteiger charge is 2.50. The van der Waals surface area contributed by atoms with Gasteiger partial charge in [0.15, 0.2) is 0 Å². The third-order valence-corrected chi connectivity index (χ3v) is 14.1. The van der Waals surface area contributed by atoms with E-state index in [1.165, 1.54) is 15.3 Å². The van der Waals surface area contributed by atoms with E-state index in [0.717, 1.165) is 0 Å². The molecular weight excluding hydrogens is 589 g/mol. The smallest absolute Gasteiger partial charge is 0.323 e. The van der Waals surface area contributed by atoms with Gasteiger partial charge in [-0.25, -0.2) is 0 Å². The summed E-state index contributed by atoms with van der Waals surface area (Å²) in [6.45, 7) is 10.9. The van der Waals surface area contributed by atoms with E-state index in [0.29, 0.717) is 13.0 Å². The zero-order chi connectivity index (χ0) is 31.9. The molecule has 0 aromatic heterocycles. The molecule has 10 nitrogen and oxygen atoms in total. The van der Waals surface area contributed by atoms with Crippen molar-refractivity contribution in [3.05, 3.63) is 60.7 Å². The maximum absolute atomic E-state index is 12.1. The van der Waals surface area contributed by atoms with E-state index in [1.54, 1.807) is 0 Å². The van der Waals surface area contributed by atoms with Crippen LogP contribution in [0.5, 0.6) is 0 Å². The van der Waals surface area contributed by atoms with Crippen molar-refractivity contribution < 1.29 is 37.1 Å². The van der Waals surface area contributed by atoms with Crippen LogP contribution in [0.1, 0.15) is 47.5 Å². The molecule has 43 heavy (non-hydrogen) atoms. The number of likely N-dealkylation sites (tertiary alicyclic amines) is 1. The van der Waals surface area contributed by atoms with Gasteiger partial charge in [-0.1, -0.05) is 95.3 Å². The summed E-state index contributed by atoms with van der Waals surface area (Å²) in [6.07, 6.45) is 0.919. The fraction of sp³-hybridized carbons (Fsp3) is 0.548. The number of amides is 1. The van der Waals surface area contributed by atoms with Crippen LogP contribution in [-0.4, -0.2) is 90.1 Å². The van der Waals surface area contributed by atoms with E-state index in [1.807, 2.05) is 26.0 Å². The van der Waals surface area contributed by atoms with E-state index in [4.69, 9.17) is 24.2 Å². The number of benzene rings is 2. The van der Waals surface area contributed by atoms with Crippen molar-refractivity contribution in [2.24, 2.45) is 11.1 Å². The molecule has 0 bridgehead atoms. The second-order valence-corrected chi connectivity index (χ2v) is 19.1. The number of carbonyl (C=O) groups excluding carboxylic acids is 1. The summed E-state index contributed by atoms with van der Waals surface area (Å²) in [5, 5.41) is 11.3. The molecule has 2 aromatic carbocycles. The molecule has 12 heteroatoms. The van der Waals surface area contributed by atoms with Gasteiger partial charge >= 0.3 is 5.97 Å². The normalized spacial score (nSPS) is 18.7. The molecule has 1 aliphatic heterocycles. The Morgan fingerprint density at radius 2 is 1.56 bits per heavy atom. The highest BCUT2D eigenvalue weighted by atomic mass is 32.3. The molecule has 0 unspecified atom stereocenters. The first-order valence-electron chi connectivity index (χ1n) is 14.6. The minimum Gasteiger partial charge on any atom is -0.480 e. The highest BCUT2D eigenvalue weighted by Crippen LogP contribution is 2.42. The molecule has 5 N–H and O–H groups in total. The Morgan fingerprint density at radius 1 is 1.00 bits per heavy atom. The second-order valence-electron chi connectivity index (χ2n) is 12.9. The van der Waals surface area contributed by atoms with E-state index in [2.05, 4.69) is 69.3 Å². The summed E-state index contributed by atoms with van der Waals surface area (Å²) < 4.78 is 39.2. The highest BCUT2D eigenvalue weighted by molar-refractivity contribution is 8.20. The Labute approximate surface area is 258 Å². The zero-order valence-corrected chi connectivity index (χ0v) is 27.7. The SMILES string of the molecule is CC(C)(CCO[Si](c1ccccc1)(c1ccccc1)C(C)(C)C)COS(O)(O)CCOC[C@@H]1C[C@H](N)C(=O)N1CC(=O)O. The van der Waals surface area contributed by atoms with Gasteiger partial charge in [-0.2, -0.15) is 0 Å². The maximum atomic E-state index is 12.1. The van der Waals surface area contributed by atoms with Crippen LogP contribution in [0.2, 0.25) is 5.04 Å². The van der Waals surface area contributed by atoms with Crippen LogP contribution >= 0.6 is 10.9 Å². The first kappa shape index (κ1) is 35.2. The summed E-state index contributed by atoms with van der Waals surface area (Å²) in [6, 6.07) is 19.6. The van der Waals surface area contributed by atoms with Crippen LogP contribution in [0.15, 0.2) is 60.7 Å². The Kier molecular flexibility index (Phi) is 12.0. The number of rotatable bonds is 16. The maximum Gasteiger partial charge on any atom is 0.323 e. The van der Waals surface area contributed by atoms with E-state index in [-0.39, 0.29) is 37.0 Å². The number of carboxylic acids is 1. The van der Waals surface area contributed by atoms with Crippen molar-refractivity contribution in [3.8, 4) is 0 Å². The van der Waals surface area contributed by atoms with Gasteiger partial charge in [0.1, 0.15) is 6.54 Å². The van der Waals surface area contributed by atoms with Gasteiger partial charge < -0.3 is 34.0 Å². The van der Waals surface area contributed by atoms with Gasteiger partial charge in [0.05, 0.1) is 48.5 Å². The molecule has 3 rings (SSSR count). The van der Waals surface area contributed by atoms with Crippen molar-refractivity contribution in [2.45, 2.75) is 64.6 Å². The van der Waals surface area contributed by atoms with Crippen LogP contribution in [0.4, 0.5) is 0 Å². The van der Waals surface area contributed by atoms with Crippen LogP contribution in [0, 0.1) is 5.41 Å². The lowest BCUT2D eigenvalue weighted by Gasteiger charge is -2.43. The summed E-state index contributed by atoms with van der Waals surface area (Å²) >= 11 is 0. The molecule has 0 saturated carbocycles. The predicted molar refractivity (Wildman–Crippen MR) is 172 cm³/mol. The molecule has 1 aliphatic rings. The van der Waals surface area contributed by atoms with Crippen LogP contribution in [-0.2, 0) is 22.9 Å². The summed E-state index contributed by atoms with van der Waals surface area (Å²) in [7, 11) is -6.06. The largest absolute Gasteiger partial charge is 0.480 e. The average Bonchev–Trinajstić information content (AvgIpc) is 3.20. The quantitative estimate of drug-likeness (QED) is 0.160. The zero-order valence-electron chi connectivity index (χ0n) is 25.9. The predicted octanol–water partition coefficient (Wildman–Crippen LogP) is 3.69. The van der Waals surface area contributed by atoms with Crippen molar-refractivity contribution in [1.82, 2.24) is 4.90 Å². The second kappa shape index (κ2) is 14.7. The Balaban J connectivity index is 1.55. The third kappa shape index (κ3) is 9.35. The van der Waals surface area contributed by atoms with Crippen molar-refractivity contribution in [3.63, 3.8) is 0 Å². The Hall–Kier alpha value is -2.29. The van der Waals surface area contributed by atoms with Crippen LogP contribution < -0.4 is 16.1 Å². The summed E-state index contributed by atoms with van der Waals surface area (Å²) in [5.41, 5.74) is 5.38. The molecule has 0 spiro atoms. The number of nitrogens with two attached hydrogens (primary N) is 1. The van der Waals surface area contributed by atoms with Crippen molar-refractivity contribution >= 4 is 41.4 Å². The van der Waals surface area contributed by atoms with Gasteiger partial charge in [-0.3, -0.25) is 13.8 Å². The molecule has 240 valence electrons. The monoisotopic (exact) mass is 636 g/mol. The topological polar surface area (TPSA) is 152 Å². The van der Waals surface area contributed by atoms with Gasteiger partial charge in [0.25, 0.3) is 8.32 Å². The van der Waals surface area contributed by atoms with E-state index in [9.17, 15) is 18.7 Å². The molecule has 2 aromatic rings. The Bertz CT molecular complexity index is 1150. The average molecular weight is 637 g/mol. The molecule has 1 fully saturated rings. The Morgan fingerprint density at radius 3 is 2.07 bits per heavy atom. The fourth-order valence-corrected chi connectivity index (χ4v) is 11.0. The molecule has 0 aliphatic carbocycles. The minimum atomic E-state index is -3.38. The molecule has 0 radical (unpaired) electrons. The number of ether oxygens (including phenoxy) is 1. The van der Waals surface area contributed by atoms with E-state index < -0.39 is 55.1 Å². The van der Waals surface area contributed by atoms with Gasteiger partial charge in [-0.15, -0.1) is 0 Å².